The molecule has 0 saturated heterocycles. The van der Waals surface area contributed by atoms with Gasteiger partial charge in [0.1, 0.15) is 28.6 Å². The highest BCUT2D eigenvalue weighted by atomic mass is 79.9. The lowest BCUT2D eigenvalue weighted by molar-refractivity contribution is 0.0175. The molecule has 0 aliphatic carbocycles. The Kier molecular flexibility index (Phi) is 9.31. The average Bonchev–Trinajstić information content (AvgIpc) is 3.02. The molecule has 0 spiro atoms. The van der Waals surface area contributed by atoms with Gasteiger partial charge in [0.2, 0.25) is 0 Å². The number of halogens is 2. The fourth-order valence-corrected chi connectivity index (χ4v) is 3.92. The third-order valence-corrected chi connectivity index (χ3v) is 6.25. The van der Waals surface area contributed by atoms with Crippen LogP contribution in [0.3, 0.4) is 0 Å². The molecule has 0 radical (unpaired) electrons. The maximum atomic E-state index is 12.9. The van der Waals surface area contributed by atoms with Gasteiger partial charge in [-0.3, -0.25) is 0 Å². The Bertz CT molecular complexity index is 980. The number of rotatable bonds is 7. The first-order chi connectivity index (χ1) is 15.1. The summed E-state index contributed by atoms with van der Waals surface area (Å²) in [6.45, 7) is 4.66. The van der Waals surface area contributed by atoms with Crippen LogP contribution in [0, 0.1) is 11.3 Å². The Balaban J connectivity index is 2.33. The normalized spacial score (nSPS) is 12.0. The Morgan fingerprint density at radius 3 is 2.44 bits per heavy atom. The minimum Gasteiger partial charge on any atom is -0.444 e. The van der Waals surface area contributed by atoms with Crippen molar-refractivity contribution >= 4 is 44.0 Å². The maximum Gasteiger partial charge on any atom is 0.419 e. The molecule has 0 unspecified atom stereocenters. The van der Waals surface area contributed by atoms with Gasteiger partial charge in [0.05, 0.1) is 17.1 Å². The van der Waals surface area contributed by atoms with Gasteiger partial charge in [-0.05, 0) is 70.7 Å². The van der Waals surface area contributed by atoms with Gasteiger partial charge in [0.25, 0.3) is 0 Å². The van der Waals surface area contributed by atoms with Crippen molar-refractivity contribution in [3.8, 4) is 6.07 Å². The number of hydrogen-bond donors (Lipinski definition) is 1. The zero-order valence-electron chi connectivity index (χ0n) is 18.0. The second-order valence-electron chi connectivity index (χ2n) is 7.95. The SMILES string of the molecule is CC(C)(C)OC(=O)N(C[C@H](CCO)n1c(C#N)cc(Br)c1Br)C(=O)OCc1ccccc1. The van der Waals surface area contributed by atoms with E-state index in [0.717, 1.165) is 10.5 Å². The molecule has 0 aliphatic rings. The minimum absolute atomic E-state index is 0.0220. The molecule has 1 heterocycles. The number of carbonyl (C=O) groups excluding carboxylic acids is 2. The molecule has 172 valence electrons. The first-order valence-electron chi connectivity index (χ1n) is 9.85. The first-order valence-corrected chi connectivity index (χ1v) is 11.4. The second-order valence-corrected chi connectivity index (χ2v) is 9.55. The third kappa shape index (κ3) is 7.08. The molecule has 2 aromatic rings. The van der Waals surface area contributed by atoms with E-state index in [1.807, 2.05) is 18.2 Å². The van der Waals surface area contributed by atoms with Crippen LogP contribution in [0.25, 0.3) is 0 Å². The lowest BCUT2D eigenvalue weighted by atomic mass is 10.2. The van der Waals surface area contributed by atoms with Crippen molar-refractivity contribution in [2.24, 2.45) is 0 Å². The van der Waals surface area contributed by atoms with Crippen LogP contribution in [0.2, 0.25) is 0 Å². The Labute approximate surface area is 204 Å². The predicted octanol–water partition coefficient (Wildman–Crippen LogP) is 5.38. The number of aliphatic hydroxyl groups is 1. The fraction of sp³-hybridized carbons (Fsp3) is 0.409. The number of imide groups is 1. The Hall–Kier alpha value is -2.35. The lowest BCUT2D eigenvalue weighted by Crippen LogP contribution is -2.44. The molecule has 1 N–H and O–H groups in total. The van der Waals surface area contributed by atoms with E-state index in [1.165, 1.54) is 0 Å². The summed E-state index contributed by atoms with van der Waals surface area (Å²) in [6.07, 6.45) is -1.58. The van der Waals surface area contributed by atoms with Gasteiger partial charge in [-0.25, -0.2) is 14.5 Å². The summed E-state index contributed by atoms with van der Waals surface area (Å²) in [5.41, 5.74) is 0.223. The van der Waals surface area contributed by atoms with Gasteiger partial charge in [0.15, 0.2) is 0 Å². The van der Waals surface area contributed by atoms with Gasteiger partial charge in [0, 0.05) is 6.61 Å². The molecule has 2 amide bonds. The molecule has 1 aromatic carbocycles. The summed E-state index contributed by atoms with van der Waals surface area (Å²) in [6, 6.07) is 12.2. The van der Waals surface area contributed by atoms with Crippen molar-refractivity contribution in [1.82, 2.24) is 9.47 Å². The summed E-state index contributed by atoms with van der Waals surface area (Å²) >= 11 is 6.78. The molecule has 2 rings (SSSR count). The van der Waals surface area contributed by atoms with Crippen molar-refractivity contribution in [3.05, 3.63) is 56.7 Å². The number of nitriles is 1. The summed E-state index contributed by atoms with van der Waals surface area (Å²) in [5.74, 6) is 0. The topological polar surface area (TPSA) is 105 Å². The highest BCUT2D eigenvalue weighted by molar-refractivity contribution is 9.13. The van der Waals surface area contributed by atoms with Gasteiger partial charge >= 0.3 is 12.2 Å². The molecule has 10 heteroatoms. The monoisotopic (exact) mass is 569 g/mol. The molecule has 1 atom stereocenters. The number of carbonyl (C=O) groups is 2. The van der Waals surface area contributed by atoms with Crippen LogP contribution in [0.4, 0.5) is 9.59 Å². The van der Waals surface area contributed by atoms with Crippen LogP contribution < -0.4 is 0 Å². The zero-order chi connectivity index (χ0) is 23.9. The fourth-order valence-electron chi connectivity index (χ4n) is 2.91. The number of ether oxygens (including phenoxy) is 2. The van der Waals surface area contributed by atoms with Gasteiger partial charge in [-0.2, -0.15) is 5.26 Å². The van der Waals surface area contributed by atoms with Crippen LogP contribution in [-0.4, -0.2) is 45.5 Å². The lowest BCUT2D eigenvalue weighted by Gasteiger charge is -2.29. The van der Waals surface area contributed by atoms with E-state index in [2.05, 4.69) is 37.9 Å². The molecule has 32 heavy (non-hydrogen) atoms. The van der Waals surface area contributed by atoms with Crippen molar-refractivity contribution in [3.63, 3.8) is 0 Å². The molecular weight excluding hydrogens is 546 g/mol. The zero-order valence-corrected chi connectivity index (χ0v) is 21.2. The molecule has 8 nitrogen and oxygen atoms in total. The van der Waals surface area contributed by atoms with Crippen LogP contribution in [0.1, 0.15) is 44.5 Å². The van der Waals surface area contributed by atoms with Crippen molar-refractivity contribution < 1.29 is 24.2 Å². The summed E-state index contributed by atoms with van der Waals surface area (Å²) < 4.78 is 13.6. The first kappa shape index (κ1) is 25.9. The second kappa shape index (κ2) is 11.5. The van der Waals surface area contributed by atoms with E-state index in [1.54, 1.807) is 43.5 Å². The van der Waals surface area contributed by atoms with E-state index in [9.17, 15) is 20.0 Å². The number of nitrogens with zero attached hydrogens (tertiary/aromatic N) is 3. The minimum atomic E-state index is -0.883. The van der Waals surface area contributed by atoms with Crippen LogP contribution in [-0.2, 0) is 16.1 Å². The van der Waals surface area contributed by atoms with E-state index in [-0.39, 0.29) is 26.2 Å². The molecule has 0 saturated carbocycles. The number of benzene rings is 1. The van der Waals surface area contributed by atoms with E-state index >= 15 is 0 Å². The van der Waals surface area contributed by atoms with Crippen LogP contribution in [0.5, 0.6) is 0 Å². The molecule has 0 bridgehead atoms. The average molecular weight is 571 g/mol. The van der Waals surface area contributed by atoms with Crippen LogP contribution >= 0.6 is 31.9 Å². The third-order valence-electron chi connectivity index (χ3n) is 4.31. The summed E-state index contributed by atoms with van der Waals surface area (Å²) in [4.78, 5) is 26.6. The molecular formula is C22H25Br2N3O5. The van der Waals surface area contributed by atoms with E-state index < -0.39 is 23.8 Å². The van der Waals surface area contributed by atoms with Crippen molar-refractivity contribution in [1.29, 1.82) is 5.26 Å². The summed E-state index contributed by atoms with van der Waals surface area (Å²) in [5, 5.41) is 19.1. The highest BCUT2D eigenvalue weighted by Gasteiger charge is 2.32. The highest BCUT2D eigenvalue weighted by Crippen LogP contribution is 2.32. The Morgan fingerprint density at radius 2 is 1.88 bits per heavy atom. The van der Waals surface area contributed by atoms with Gasteiger partial charge in [-0.1, -0.05) is 30.3 Å². The number of aromatic nitrogens is 1. The quantitative estimate of drug-likeness (QED) is 0.479. The van der Waals surface area contributed by atoms with E-state index in [4.69, 9.17) is 9.47 Å². The smallest absolute Gasteiger partial charge is 0.419 e. The van der Waals surface area contributed by atoms with Gasteiger partial charge < -0.3 is 19.1 Å². The molecule has 1 aromatic heterocycles. The number of amides is 2. The van der Waals surface area contributed by atoms with Crippen molar-refractivity contribution in [2.45, 2.75) is 45.4 Å². The standard InChI is InChI=1S/C22H25Br2N3O5/c1-22(2,3)32-21(30)26(20(29)31-14-15-7-5-4-6-8-15)13-16(9-10-28)27-17(12-25)11-18(23)19(27)24/h4-8,11,16,28H,9-10,13-14H2,1-3H3/t16-/m0/s1. The molecule has 0 aliphatic heterocycles. The van der Waals surface area contributed by atoms with E-state index in [0.29, 0.717) is 14.8 Å². The Morgan fingerprint density at radius 1 is 1.22 bits per heavy atom. The molecule has 0 fully saturated rings. The summed E-state index contributed by atoms with van der Waals surface area (Å²) in [7, 11) is 0. The number of aliphatic hydroxyl groups excluding tert-OH is 1. The largest absolute Gasteiger partial charge is 0.444 e. The predicted molar refractivity (Wildman–Crippen MR) is 125 cm³/mol. The number of hydrogen-bond acceptors (Lipinski definition) is 6. The van der Waals surface area contributed by atoms with Crippen LogP contribution in [0.15, 0.2) is 45.5 Å². The van der Waals surface area contributed by atoms with Gasteiger partial charge in [-0.15, -0.1) is 0 Å². The maximum absolute atomic E-state index is 12.9. The van der Waals surface area contributed by atoms with Crippen molar-refractivity contribution in [2.75, 3.05) is 13.2 Å².